The molecule has 0 amide bonds. The molecule has 0 saturated heterocycles. The van der Waals surface area contributed by atoms with Gasteiger partial charge in [0.25, 0.3) is 0 Å². The van der Waals surface area contributed by atoms with Crippen LogP contribution in [0.5, 0.6) is 5.75 Å². The highest BCUT2D eigenvalue weighted by Crippen LogP contribution is 2.26. The maximum atomic E-state index is 11.8. The average Bonchev–Trinajstić information content (AvgIpc) is 3.01. The van der Waals surface area contributed by atoms with E-state index in [1.54, 1.807) is 6.07 Å². The lowest BCUT2D eigenvalue weighted by atomic mass is 10.3. The molecule has 1 aromatic rings. The molecule has 1 saturated carbocycles. The third kappa shape index (κ3) is 2.28. The second kappa shape index (κ2) is 3.95. The zero-order valence-electron chi connectivity index (χ0n) is 8.93. The molecule has 0 atom stereocenters. The minimum absolute atomic E-state index is 0.0910. The standard InChI is InChI=1S/C10H14N2O3S/c1-15-10-5-4-8(6-9(10)11)16(13,14)12-7-2-3-7/h4-7,12H,2-3,11H2,1H3. The van der Waals surface area contributed by atoms with Crippen molar-refractivity contribution in [2.75, 3.05) is 12.8 Å². The van der Waals surface area contributed by atoms with E-state index < -0.39 is 10.0 Å². The van der Waals surface area contributed by atoms with E-state index in [9.17, 15) is 8.42 Å². The Labute approximate surface area is 94.6 Å². The second-order valence-electron chi connectivity index (χ2n) is 3.80. The summed E-state index contributed by atoms with van der Waals surface area (Å²) in [5.74, 6) is 0.477. The third-order valence-electron chi connectivity index (χ3n) is 2.41. The van der Waals surface area contributed by atoms with E-state index in [0.29, 0.717) is 11.4 Å². The van der Waals surface area contributed by atoms with E-state index in [0.717, 1.165) is 12.8 Å². The summed E-state index contributed by atoms with van der Waals surface area (Å²) in [5, 5.41) is 0. The smallest absolute Gasteiger partial charge is 0.240 e. The topological polar surface area (TPSA) is 81.4 Å². The zero-order valence-corrected chi connectivity index (χ0v) is 9.75. The summed E-state index contributed by atoms with van der Waals surface area (Å²) in [6.45, 7) is 0. The SMILES string of the molecule is COc1ccc(S(=O)(=O)NC2CC2)cc1N. The van der Waals surface area contributed by atoms with Gasteiger partial charge in [0, 0.05) is 6.04 Å². The van der Waals surface area contributed by atoms with Crippen molar-refractivity contribution in [1.29, 1.82) is 0 Å². The monoisotopic (exact) mass is 242 g/mol. The fourth-order valence-electron chi connectivity index (χ4n) is 1.37. The van der Waals surface area contributed by atoms with E-state index in [4.69, 9.17) is 10.5 Å². The maximum Gasteiger partial charge on any atom is 0.240 e. The third-order valence-corrected chi connectivity index (χ3v) is 3.93. The lowest BCUT2D eigenvalue weighted by Gasteiger charge is -2.08. The first-order valence-corrected chi connectivity index (χ1v) is 6.47. The number of rotatable bonds is 4. The maximum absolute atomic E-state index is 11.8. The van der Waals surface area contributed by atoms with Gasteiger partial charge in [-0.3, -0.25) is 0 Å². The van der Waals surface area contributed by atoms with Gasteiger partial charge in [-0.25, -0.2) is 13.1 Å². The van der Waals surface area contributed by atoms with Crippen molar-refractivity contribution in [2.45, 2.75) is 23.8 Å². The molecular formula is C10H14N2O3S. The minimum Gasteiger partial charge on any atom is -0.495 e. The van der Waals surface area contributed by atoms with Gasteiger partial charge in [-0.1, -0.05) is 0 Å². The molecule has 0 aliphatic heterocycles. The van der Waals surface area contributed by atoms with Crippen LogP contribution in [-0.2, 0) is 10.0 Å². The normalized spacial score (nSPS) is 16.1. The number of nitrogens with one attached hydrogen (secondary N) is 1. The lowest BCUT2D eigenvalue weighted by molar-refractivity contribution is 0.416. The van der Waals surface area contributed by atoms with Gasteiger partial charge < -0.3 is 10.5 Å². The fourth-order valence-corrected chi connectivity index (χ4v) is 2.71. The molecule has 0 spiro atoms. The predicted octanol–water partition coefficient (Wildman–Crippen LogP) is 0.718. The molecule has 0 unspecified atom stereocenters. The van der Waals surface area contributed by atoms with Crippen LogP contribution in [0.1, 0.15) is 12.8 Å². The number of hydrogen-bond acceptors (Lipinski definition) is 4. The Kier molecular flexibility index (Phi) is 2.77. The Hall–Kier alpha value is -1.27. The minimum atomic E-state index is -3.43. The number of hydrogen-bond donors (Lipinski definition) is 2. The molecule has 0 radical (unpaired) electrons. The van der Waals surface area contributed by atoms with E-state index in [1.807, 2.05) is 0 Å². The van der Waals surface area contributed by atoms with Crippen molar-refractivity contribution in [3.63, 3.8) is 0 Å². The summed E-state index contributed by atoms with van der Waals surface area (Å²) in [4.78, 5) is 0.178. The molecule has 88 valence electrons. The van der Waals surface area contributed by atoms with E-state index in [2.05, 4.69) is 4.72 Å². The number of nitrogen functional groups attached to an aromatic ring is 1. The molecule has 0 bridgehead atoms. The second-order valence-corrected chi connectivity index (χ2v) is 5.51. The molecule has 5 nitrogen and oxygen atoms in total. The first-order valence-electron chi connectivity index (χ1n) is 4.99. The molecule has 2 rings (SSSR count). The van der Waals surface area contributed by atoms with Crippen LogP contribution < -0.4 is 15.2 Å². The largest absolute Gasteiger partial charge is 0.495 e. The van der Waals surface area contributed by atoms with Crippen LogP contribution in [0.3, 0.4) is 0 Å². The Balaban J connectivity index is 2.29. The fraction of sp³-hybridized carbons (Fsp3) is 0.400. The number of nitrogens with two attached hydrogens (primary N) is 1. The molecule has 3 N–H and O–H groups in total. The Bertz CT molecular complexity index is 495. The van der Waals surface area contributed by atoms with Crippen LogP contribution in [0.25, 0.3) is 0 Å². The van der Waals surface area contributed by atoms with Gasteiger partial charge in [0.2, 0.25) is 10.0 Å². The zero-order chi connectivity index (χ0) is 11.8. The Morgan fingerprint density at radius 3 is 2.62 bits per heavy atom. The van der Waals surface area contributed by atoms with Gasteiger partial charge in [-0.05, 0) is 31.0 Å². The van der Waals surface area contributed by atoms with Crippen LogP contribution in [0.4, 0.5) is 5.69 Å². The van der Waals surface area contributed by atoms with Crippen molar-refractivity contribution in [2.24, 2.45) is 0 Å². The van der Waals surface area contributed by atoms with Crippen LogP contribution in [0.2, 0.25) is 0 Å². The van der Waals surface area contributed by atoms with Crippen LogP contribution in [0.15, 0.2) is 23.1 Å². The van der Waals surface area contributed by atoms with Crippen molar-refractivity contribution in [3.05, 3.63) is 18.2 Å². The number of ether oxygens (including phenoxy) is 1. The lowest BCUT2D eigenvalue weighted by Crippen LogP contribution is -2.25. The highest BCUT2D eigenvalue weighted by Gasteiger charge is 2.28. The molecule has 1 fully saturated rings. The van der Waals surface area contributed by atoms with Gasteiger partial charge in [0.15, 0.2) is 0 Å². The molecule has 1 aliphatic rings. The first-order chi connectivity index (χ1) is 7.53. The molecular weight excluding hydrogens is 228 g/mol. The van der Waals surface area contributed by atoms with Crippen molar-refractivity contribution >= 4 is 15.7 Å². The van der Waals surface area contributed by atoms with Gasteiger partial charge in [-0.15, -0.1) is 0 Å². The molecule has 16 heavy (non-hydrogen) atoms. The molecule has 1 aromatic carbocycles. The van der Waals surface area contributed by atoms with Crippen molar-refractivity contribution in [3.8, 4) is 5.75 Å². The van der Waals surface area contributed by atoms with E-state index in [1.165, 1.54) is 19.2 Å². The molecule has 1 aliphatic carbocycles. The van der Waals surface area contributed by atoms with Crippen LogP contribution in [0, 0.1) is 0 Å². The first kappa shape index (κ1) is 11.2. The van der Waals surface area contributed by atoms with Gasteiger partial charge in [0.05, 0.1) is 17.7 Å². The Morgan fingerprint density at radius 1 is 1.44 bits per heavy atom. The highest BCUT2D eigenvalue weighted by atomic mass is 32.2. The van der Waals surface area contributed by atoms with Crippen LogP contribution >= 0.6 is 0 Å². The molecule has 0 aromatic heterocycles. The van der Waals surface area contributed by atoms with E-state index >= 15 is 0 Å². The number of benzene rings is 1. The van der Waals surface area contributed by atoms with Gasteiger partial charge in [0.1, 0.15) is 5.75 Å². The van der Waals surface area contributed by atoms with Crippen LogP contribution in [-0.4, -0.2) is 21.6 Å². The summed E-state index contributed by atoms with van der Waals surface area (Å²) in [6, 6.07) is 4.54. The van der Waals surface area contributed by atoms with E-state index in [-0.39, 0.29) is 10.9 Å². The van der Waals surface area contributed by atoms with Gasteiger partial charge in [-0.2, -0.15) is 0 Å². The summed E-state index contributed by atoms with van der Waals surface area (Å²) in [7, 11) is -1.94. The predicted molar refractivity (Wildman–Crippen MR) is 60.7 cm³/mol. The average molecular weight is 242 g/mol. The summed E-state index contributed by atoms with van der Waals surface area (Å²) >= 11 is 0. The van der Waals surface area contributed by atoms with Gasteiger partial charge >= 0.3 is 0 Å². The number of methoxy groups -OCH3 is 1. The highest BCUT2D eigenvalue weighted by molar-refractivity contribution is 7.89. The van der Waals surface area contributed by atoms with Crippen molar-refractivity contribution in [1.82, 2.24) is 4.72 Å². The number of sulfonamides is 1. The molecule has 0 heterocycles. The summed E-state index contributed by atoms with van der Waals surface area (Å²) < 4.78 is 31.2. The quantitative estimate of drug-likeness (QED) is 0.762. The summed E-state index contributed by atoms with van der Waals surface area (Å²) in [5.41, 5.74) is 5.98. The summed E-state index contributed by atoms with van der Waals surface area (Å²) in [6.07, 6.45) is 1.82. The van der Waals surface area contributed by atoms with Crippen molar-refractivity contribution < 1.29 is 13.2 Å². The number of anilines is 1. The molecule has 6 heteroatoms. The Morgan fingerprint density at radius 2 is 2.12 bits per heavy atom.